The summed E-state index contributed by atoms with van der Waals surface area (Å²) in [5, 5.41) is 9.22. The third kappa shape index (κ3) is 0.852. The van der Waals surface area contributed by atoms with E-state index in [4.69, 9.17) is 4.74 Å². The molecule has 2 saturated heterocycles. The first-order valence-electron chi connectivity index (χ1n) is 3.29. The molecule has 0 aromatic carbocycles. The van der Waals surface area contributed by atoms with Gasteiger partial charge in [-0.25, -0.2) is 0 Å². The van der Waals surface area contributed by atoms with Crippen LogP contribution in [0.1, 0.15) is 0 Å². The molecule has 2 heterocycles. The van der Waals surface area contributed by atoms with Gasteiger partial charge in [-0.15, -0.1) is 0 Å². The van der Waals surface area contributed by atoms with Gasteiger partial charge in [-0.2, -0.15) is 0 Å². The van der Waals surface area contributed by atoms with Crippen molar-refractivity contribution in [3.63, 3.8) is 0 Å². The number of hydrogen-bond donors (Lipinski definition) is 1. The number of fused-ring (bicyclic) bond motifs is 1. The zero-order valence-corrected chi connectivity index (χ0v) is 5.45. The first-order valence-corrected chi connectivity index (χ1v) is 3.29. The summed E-state index contributed by atoms with van der Waals surface area (Å²) in [7, 11) is 2.00. The second-order valence-electron chi connectivity index (χ2n) is 2.93. The Morgan fingerprint density at radius 1 is 1.56 bits per heavy atom. The zero-order chi connectivity index (χ0) is 6.43. The number of epoxide rings is 1. The van der Waals surface area contributed by atoms with Crippen molar-refractivity contribution in [3.05, 3.63) is 0 Å². The van der Waals surface area contributed by atoms with Crippen LogP contribution in [0.5, 0.6) is 0 Å². The van der Waals surface area contributed by atoms with Gasteiger partial charge in [-0.1, -0.05) is 0 Å². The van der Waals surface area contributed by atoms with Crippen LogP contribution in [-0.4, -0.2) is 48.5 Å². The van der Waals surface area contributed by atoms with Crippen LogP contribution in [0, 0.1) is 0 Å². The topological polar surface area (TPSA) is 36.0 Å². The van der Waals surface area contributed by atoms with E-state index in [9.17, 15) is 5.11 Å². The van der Waals surface area contributed by atoms with Crippen molar-refractivity contribution < 1.29 is 9.84 Å². The molecule has 3 unspecified atom stereocenters. The molecular formula is C6H11NO2. The zero-order valence-electron chi connectivity index (χ0n) is 5.45. The van der Waals surface area contributed by atoms with E-state index < -0.39 is 0 Å². The lowest BCUT2D eigenvalue weighted by Crippen LogP contribution is -2.41. The van der Waals surface area contributed by atoms with E-state index in [1.807, 2.05) is 7.05 Å². The van der Waals surface area contributed by atoms with Crippen LogP contribution in [0.25, 0.3) is 0 Å². The quantitative estimate of drug-likeness (QED) is 0.429. The van der Waals surface area contributed by atoms with Crippen LogP contribution in [-0.2, 0) is 4.74 Å². The second-order valence-corrected chi connectivity index (χ2v) is 2.93. The third-order valence-corrected chi connectivity index (χ3v) is 1.99. The average Bonchev–Trinajstić information content (AvgIpc) is 2.43. The van der Waals surface area contributed by atoms with Crippen LogP contribution in [0.15, 0.2) is 0 Å². The maximum atomic E-state index is 9.22. The normalized spacial score (nSPS) is 50.7. The lowest BCUT2D eigenvalue weighted by Gasteiger charge is -2.22. The maximum Gasteiger partial charge on any atom is 0.113 e. The number of aliphatic hydroxyl groups excluding tert-OH is 1. The number of hydrogen-bond acceptors (Lipinski definition) is 3. The van der Waals surface area contributed by atoms with Gasteiger partial charge in [0.25, 0.3) is 0 Å². The molecular weight excluding hydrogens is 118 g/mol. The molecule has 0 bridgehead atoms. The number of likely N-dealkylation sites (N-methyl/N-ethyl adjacent to an activating group) is 1. The Morgan fingerprint density at radius 2 is 2.33 bits per heavy atom. The molecule has 9 heavy (non-hydrogen) atoms. The van der Waals surface area contributed by atoms with Gasteiger partial charge >= 0.3 is 0 Å². The molecule has 2 fully saturated rings. The second kappa shape index (κ2) is 1.68. The monoisotopic (exact) mass is 129 g/mol. The molecule has 0 aromatic rings. The van der Waals surface area contributed by atoms with Gasteiger partial charge in [0.2, 0.25) is 0 Å². The van der Waals surface area contributed by atoms with E-state index in [1.54, 1.807) is 0 Å². The largest absolute Gasteiger partial charge is 0.389 e. The highest BCUT2D eigenvalue weighted by Gasteiger charge is 2.48. The van der Waals surface area contributed by atoms with Crippen molar-refractivity contribution in [2.24, 2.45) is 0 Å². The molecule has 3 nitrogen and oxygen atoms in total. The number of nitrogens with zero attached hydrogens (tertiary/aromatic N) is 1. The molecule has 0 aliphatic carbocycles. The molecule has 0 radical (unpaired) electrons. The van der Waals surface area contributed by atoms with Gasteiger partial charge < -0.3 is 14.7 Å². The van der Waals surface area contributed by atoms with E-state index in [1.165, 1.54) is 0 Å². The molecule has 2 aliphatic heterocycles. The summed E-state index contributed by atoms with van der Waals surface area (Å²) in [6.07, 6.45) is 0.258. The summed E-state index contributed by atoms with van der Waals surface area (Å²) in [5.74, 6) is 0. The fourth-order valence-electron chi connectivity index (χ4n) is 1.45. The smallest absolute Gasteiger partial charge is 0.113 e. The molecule has 2 rings (SSSR count). The third-order valence-electron chi connectivity index (χ3n) is 1.99. The van der Waals surface area contributed by atoms with Crippen molar-refractivity contribution in [2.75, 3.05) is 20.1 Å². The van der Waals surface area contributed by atoms with Crippen molar-refractivity contribution >= 4 is 0 Å². The minimum atomic E-state index is -0.242. The number of likely N-dealkylation sites (tertiary alicyclic amines) is 1. The molecule has 1 N–H and O–H groups in total. The Kier molecular flexibility index (Phi) is 1.06. The van der Waals surface area contributed by atoms with E-state index >= 15 is 0 Å². The first-order chi connectivity index (χ1) is 4.27. The Hall–Kier alpha value is -0.120. The number of aliphatic hydroxyl groups is 1. The Labute approximate surface area is 54.2 Å². The Morgan fingerprint density at radius 3 is 3.00 bits per heavy atom. The SMILES string of the molecule is CN1CC(O)C2OC2C1. The Balaban J connectivity index is 1.99. The highest BCUT2D eigenvalue weighted by Crippen LogP contribution is 2.29. The molecule has 0 spiro atoms. The predicted octanol–water partition coefficient (Wildman–Crippen LogP) is -0.940. The van der Waals surface area contributed by atoms with E-state index in [0.29, 0.717) is 6.10 Å². The van der Waals surface area contributed by atoms with Crippen LogP contribution >= 0.6 is 0 Å². The minimum Gasteiger partial charge on any atom is -0.389 e. The molecule has 3 heteroatoms. The molecule has 2 aliphatic rings. The van der Waals surface area contributed by atoms with Crippen molar-refractivity contribution in [3.8, 4) is 0 Å². The van der Waals surface area contributed by atoms with Crippen LogP contribution in [0.4, 0.5) is 0 Å². The van der Waals surface area contributed by atoms with Crippen molar-refractivity contribution in [1.82, 2.24) is 4.90 Å². The molecule has 0 aromatic heterocycles. The maximum absolute atomic E-state index is 9.22. The molecule has 0 amide bonds. The highest BCUT2D eigenvalue weighted by atomic mass is 16.6. The first kappa shape index (κ1) is 5.65. The van der Waals surface area contributed by atoms with Gasteiger partial charge in [0.1, 0.15) is 6.10 Å². The van der Waals surface area contributed by atoms with Gasteiger partial charge in [0.15, 0.2) is 0 Å². The summed E-state index contributed by atoms with van der Waals surface area (Å²) >= 11 is 0. The fraction of sp³-hybridized carbons (Fsp3) is 1.00. The number of rotatable bonds is 0. The average molecular weight is 129 g/mol. The summed E-state index contributed by atoms with van der Waals surface area (Å²) < 4.78 is 5.17. The van der Waals surface area contributed by atoms with Crippen LogP contribution in [0.3, 0.4) is 0 Å². The number of β-amino-alcohol motifs (C(OH)–C–C–N with tert-alkyl or cyclic N) is 1. The standard InChI is InChI=1S/C6H11NO2/c1-7-2-4(8)6-5(3-7)9-6/h4-6,8H,2-3H2,1H3. The summed E-state index contributed by atoms with van der Waals surface area (Å²) in [6, 6.07) is 0. The van der Waals surface area contributed by atoms with Gasteiger partial charge in [0.05, 0.1) is 12.2 Å². The minimum absolute atomic E-state index is 0.168. The number of ether oxygens (including phenoxy) is 1. The molecule has 3 atom stereocenters. The summed E-state index contributed by atoms with van der Waals surface area (Å²) in [5.41, 5.74) is 0. The summed E-state index contributed by atoms with van der Waals surface area (Å²) in [6.45, 7) is 1.75. The molecule has 52 valence electrons. The van der Waals surface area contributed by atoms with Crippen LogP contribution < -0.4 is 0 Å². The molecule has 0 saturated carbocycles. The fourth-order valence-corrected chi connectivity index (χ4v) is 1.45. The predicted molar refractivity (Wildman–Crippen MR) is 32.2 cm³/mol. The van der Waals surface area contributed by atoms with Gasteiger partial charge in [0, 0.05) is 13.1 Å². The summed E-state index contributed by atoms with van der Waals surface area (Å²) in [4.78, 5) is 2.10. The van der Waals surface area contributed by atoms with Crippen molar-refractivity contribution in [2.45, 2.75) is 18.3 Å². The highest BCUT2D eigenvalue weighted by molar-refractivity contribution is 4.97. The number of piperidine rings is 1. The van der Waals surface area contributed by atoms with E-state index in [0.717, 1.165) is 13.1 Å². The van der Waals surface area contributed by atoms with Gasteiger partial charge in [-0.3, -0.25) is 0 Å². The lowest BCUT2D eigenvalue weighted by atomic mass is 10.1. The van der Waals surface area contributed by atoms with Crippen LogP contribution in [0.2, 0.25) is 0 Å². The Bertz CT molecular complexity index is 128. The van der Waals surface area contributed by atoms with E-state index in [2.05, 4.69) is 4.90 Å². The van der Waals surface area contributed by atoms with Crippen molar-refractivity contribution in [1.29, 1.82) is 0 Å². The van der Waals surface area contributed by atoms with Gasteiger partial charge in [-0.05, 0) is 7.05 Å². The lowest BCUT2D eigenvalue weighted by molar-refractivity contribution is 0.0945. The van der Waals surface area contributed by atoms with E-state index in [-0.39, 0.29) is 12.2 Å².